The molecule has 8 heteroatoms. The molecule has 3 heterocycles. The predicted octanol–water partition coefficient (Wildman–Crippen LogP) is 1.49. The van der Waals surface area contributed by atoms with Crippen LogP contribution in [0.25, 0.3) is 10.3 Å². The van der Waals surface area contributed by atoms with Gasteiger partial charge in [0.25, 0.3) is 0 Å². The number of aromatic nitrogens is 3. The van der Waals surface area contributed by atoms with Crippen LogP contribution in [0.2, 0.25) is 0 Å². The lowest BCUT2D eigenvalue weighted by Crippen LogP contribution is -2.44. The first kappa shape index (κ1) is 15.8. The van der Waals surface area contributed by atoms with Crippen molar-refractivity contribution in [2.45, 2.75) is 44.7 Å². The van der Waals surface area contributed by atoms with Crippen LogP contribution in [0.4, 0.5) is 5.13 Å². The average molecular weight is 348 g/mol. The van der Waals surface area contributed by atoms with Crippen molar-refractivity contribution < 1.29 is 4.79 Å². The van der Waals surface area contributed by atoms with Gasteiger partial charge in [0, 0.05) is 32.2 Å². The molecule has 2 aliphatic rings. The minimum absolute atomic E-state index is 0.179. The number of hydrogen-bond donors (Lipinski definition) is 2. The van der Waals surface area contributed by atoms with Gasteiger partial charge < -0.3 is 10.6 Å². The predicted molar refractivity (Wildman–Crippen MR) is 95.4 cm³/mol. The summed E-state index contributed by atoms with van der Waals surface area (Å²) in [6.45, 7) is 4.48. The Hall–Kier alpha value is -1.67. The molecule has 130 valence electrons. The van der Waals surface area contributed by atoms with Gasteiger partial charge in [0.1, 0.15) is 0 Å². The normalized spacial score (nSPS) is 19.8. The monoisotopic (exact) mass is 348 g/mol. The van der Waals surface area contributed by atoms with E-state index in [2.05, 4.69) is 25.6 Å². The standard InChI is InChI=1S/C16H24N6OS/c1-10-14-15(21(2)20-10)19-16(24-14)18-12-5-7-22(8-6-12)9-13(23)17-11-3-4-11/h11-12H,3-9H2,1-2H3,(H,17,23)(H,18,19). The largest absolute Gasteiger partial charge is 0.359 e. The van der Waals surface area contributed by atoms with Crippen molar-refractivity contribution >= 4 is 32.7 Å². The lowest BCUT2D eigenvalue weighted by atomic mass is 10.1. The van der Waals surface area contributed by atoms with Gasteiger partial charge >= 0.3 is 0 Å². The van der Waals surface area contributed by atoms with Gasteiger partial charge in [0.2, 0.25) is 5.91 Å². The Morgan fingerprint density at radius 3 is 2.67 bits per heavy atom. The number of aryl methyl sites for hydroxylation is 2. The van der Waals surface area contributed by atoms with Crippen LogP contribution >= 0.6 is 11.3 Å². The summed E-state index contributed by atoms with van der Waals surface area (Å²) in [5, 5.41) is 12.0. The molecule has 0 atom stereocenters. The van der Waals surface area contributed by atoms with E-state index in [1.165, 1.54) is 0 Å². The number of carbonyl (C=O) groups excluding carboxylic acids is 1. The van der Waals surface area contributed by atoms with Crippen LogP contribution in [0.15, 0.2) is 0 Å². The van der Waals surface area contributed by atoms with Crippen molar-refractivity contribution in [1.29, 1.82) is 0 Å². The molecule has 1 aliphatic carbocycles. The molecule has 7 nitrogen and oxygen atoms in total. The van der Waals surface area contributed by atoms with Crippen LogP contribution in [0.5, 0.6) is 0 Å². The Morgan fingerprint density at radius 2 is 2.00 bits per heavy atom. The van der Waals surface area contributed by atoms with Gasteiger partial charge in [-0.25, -0.2) is 9.67 Å². The molecule has 1 aliphatic heterocycles. The zero-order valence-electron chi connectivity index (χ0n) is 14.2. The molecule has 0 spiro atoms. The number of carbonyl (C=O) groups is 1. The Balaban J connectivity index is 1.29. The first-order chi connectivity index (χ1) is 11.6. The van der Waals surface area contributed by atoms with Crippen LogP contribution in [0.1, 0.15) is 31.4 Å². The molecule has 0 bridgehead atoms. The van der Waals surface area contributed by atoms with E-state index < -0.39 is 0 Å². The molecular formula is C16H24N6OS. The number of likely N-dealkylation sites (tertiary alicyclic amines) is 1. The van der Waals surface area contributed by atoms with E-state index in [0.717, 1.165) is 59.9 Å². The second kappa shape index (κ2) is 6.33. The van der Waals surface area contributed by atoms with Crippen LogP contribution in [-0.2, 0) is 11.8 Å². The quantitative estimate of drug-likeness (QED) is 0.856. The molecule has 2 aromatic heterocycles. The van der Waals surface area contributed by atoms with E-state index in [0.29, 0.717) is 18.6 Å². The van der Waals surface area contributed by atoms with E-state index in [-0.39, 0.29) is 5.91 Å². The average Bonchev–Trinajstić information content (AvgIpc) is 3.18. The number of thiazole rings is 1. The number of rotatable bonds is 5. The molecule has 1 saturated carbocycles. The zero-order valence-corrected chi connectivity index (χ0v) is 15.0. The first-order valence-corrected chi connectivity index (χ1v) is 9.48. The van der Waals surface area contributed by atoms with E-state index in [9.17, 15) is 4.79 Å². The number of piperidine rings is 1. The summed E-state index contributed by atoms with van der Waals surface area (Å²) in [6, 6.07) is 0.884. The highest BCUT2D eigenvalue weighted by atomic mass is 32.1. The molecular weight excluding hydrogens is 324 g/mol. The van der Waals surface area contributed by atoms with Crippen LogP contribution in [-0.4, -0.2) is 57.3 Å². The third-order valence-corrected chi connectivity index (χ3v) is 5.85. The minimum atomic E-state index is 0.179. The molecule has 1 amide bonds. The summed E-state index contributed by atoms with van der Waals surface area (Å²) in [6.07, 6.45) is 4.39. The highest BCUT2D eigenvalue weighted by Crippen LogP contribution is 2.29. The lowest BCUT2D eigenvalue weighted by molar-refractivity contribution is -0.122. The number of hydrogen-bond acceptors (Lipinski definition) is 6. The molecule has 4 rings (SSSR count). The maximum Gasteiger partial charge on any atom is 0.234 e. The van der Waals surface area contributed by atoms with E-state index >= 15 is 0 Å². The van der Waals surface area contributed by atoms with E-state index in [4.69, 9.17) is 0 Å². The second-order valence-electron chi connectivity index (χ2n) is 6.92. The first-order valence-electron chi connectivity index (χ1n) is 8.67. The van der Waals surface area contributed by atoms with Gasteiger partial charge in [0.15, 0.2) is 10.8 Å². The topological polar surface area (TPSA) is 75.1 Å². The number of anilines is 1. The smallest absolute Gasteiger partial charge is 0.234 e. The Kier molecular flexibility index (Phi) is 4.17. The van der Waals surface area contributed by atoms with Gasteiger partial charge in [-0.05, 0) is 32.6 Å². The molecule has 24 heavy (non-hydrogen) atoms. The summed E-state index contributed by atoms with van der Waals surface area (Å²) in [5.41, 5.74) is 1.99. The van der Waals surface area contributed by atoms with Gasteiger partial charge in [0.05, 0.1) is 16.9 Å². The van der Waals surface area contributed by atoms with Crippen molar-refractivity contribution in [2.24, 2.45) is 7.05 Å². The Morgan fingerprint density at radius 1 is 1.25 bits per heavy atom. The fourth-order valence-corrected chi connectivity index (χ4v) is 4.27. The summed E-state index contributed by atoms with van der Waals surface area (Å²) >= 11 is 1.68. The molecule has 2 aromatic rings. The minimum Gasteiger partial charge on any atom is -0.359 e. The van der Waals surface area contributed by atoms with Crippen molar-refractivity contribution in [1.82, 2.24) is 25.0 Å². The number of fused-ring (bicyclic) bond motifs is 1. The number of nitrogens with zero attached hydrogens (tertiary/aromatic N) is 4. The van der Waals surface area contributed by atoms with Crippen LogP contribution < -0.4 is 10.6 Å². The van der Waals surface area contributed by atoms with Crippen LogP contribution in [0.3, 0.4) is 0 Å². The highest BCUT2D eigenvalue weighted by Gasteiger charge is 2.26. The molecule has 0 unspecified atom stereocenters. The summed E-state index contributed by atoms with van der Waals surface area (Å²) in [4.78, 5) is 18.8. The van der Waals surface area contributed by atoms with Gasteiger partial charge in [-0.15, -0.1) is 0 Å². The maximum atomic E-state index is 11.9. The van der Waals surface area contributed by atoms with E-state index in [1.54, 1.807) is 11.3 Å². The summed E-state index contributed by atoms with van der Waals surface area (Å²) in [7, 11) is 1.93. The van der Waals surface area contributed by atoms with Crippen molar-refractivity contribution in [3.63, 3.8) is 0 Å². The highest BCUT2D eigenvalue weighted by molar-refractivity contribution is 7.22. The zero-order chi connectivity index (χ0) is 16.7. The third kappa shape index (κ3) is 3.39. The van der Waals surface area contributed by atoms with Crippen LogP contribution in [0, 0.1) is 6.92 Å². The van der Waals surface area contributed by atoms with Crippen molar-refractivity contribution in [3.8, 4) is 0 Å². The molecule has 1 saturated heterocycles. The lowest BCUT2D eigenvalue weighted by Gasteiger charge is -2.31. The number of amides is 1. The molecule has 0 radical (unpaired) electrons. The summed E-state index contributed by atoms with van der Waals surface area (Å²) < 4.78 is 3.00. The fourth-order valence-electron chi connectivity index (χ4n) is 3.26. The third-order valence-electron chi connectivity index (χ3n) is 4.77. The summed E-state index contributed by atoms with van der Waals surface area (Å²) in [5.74, 6) is 0.179. The molecule has 2 fully saturated rings. The Labute approximate surface area is 145 Å². The van der Waals surface area contributed by atoms with Crippen molar-refractivity contribution in [3.05, 3.63) is 5.69 Å². The van der Waals surface area contributed by atoms with Gasteiger partial charge in [-0.1, -0.05) is 11.3 Å². The van der Waals surface area contributed by atoms with Gasteiger partial charge in [-0.2, -0.15) is 5.10 Å². The fraction of sp³-hybridized carbons (Fsp3) is 0.688. The molecule has 2 N–H and O–H groups in total. The Bertz CT molecular complexity index is 707. The van der Waals surface area contributed by atoms with Gasteiger partial charge in [-0.3, -0.25) is 9.69 Å². The van der Waals surface area contributed by atoms with E-state index in [1.807, 2.05) is 18.7 Å². The SMILES string of the molecule is Cc1nn(C)c2nc(NC3CCN(CC(=O)NC4CC4)CC3)sc12. The molecule has 0 aromatic carbocycles. The number of nitrogens with one attached hydrogen (secondary N) is 2. The van der Waals surface area contributed by atoms with Crippen molar-refractivity contribution in [2.75, 3.05) is 25.0 Å². The maximum absolute atomic E-state index is 11.9. The second-order valence-corrected chi connectivity index (χ2v) is 7.92.